The van der Waals surface area contributed by atoms with Crippen molar-refractivity contribution in [2.24, 2.45) is 0 Å². The number of hydrogen-bond acceptors (Lipinski definition) is 5. The first-order valence-corrected chi connectivity index (χ1v) is 6.76. The number of rotatable bonds is 7. The molecule has 0 heterocycles. The number of esters is 1. The first kappa shape index (κ1) is 16.1. The Bertz CT molecular complexity index is 381. The molecular weight excluding hydrogens is 244 g/mol. The minimum atomic E-state index is -3.64. The van der Waals surface area contributed by atoms with Gasteiger partial charge in [0, 0.05) is 12.0 Å². The predicted octanol–water partition coefficient (Wildman–Crippen LogP) is 1.64. The SMILES string of the molecule is C=C(C)C(=O)OCCC(C)(C)S(=O)(=O)OCC. The molecule has 0 fully saturated rings. The zero-order valence-electron chi connectivity index (χ0n) is 10.8. The monoisotopic (exact) mass is 264 g/mol. The highest BCUT2D eigenvalue weighted by molar-refractivity contribution is 7.88. The minimum Gasteiger partial charge on any atom is -0.462 e. The van der Waals surface area contributed by atoms with Gasteiger partial charge in [-0.3, -0.25) is 4.18 Å². The van der Waals surface area contributed by atoms with Gasteiger partial charge in [-0.15, -0.1) is 0 Å². The smallest absolute Gasteiger partial charge is 0.333 e. The summed E-state index contributed by atoms with van der Waals surface area (Å²) in [7, 11) is -3.64. The maximum absolute atomic E-state index is 11.7. The first-order valence-electron chi connectivity index (χ1n) is 5.35. The zero-order valence-corrected chi connectivity index (χ0v) is 11.6. The molecule has 0 aliphatic rings. The van der Waals surface area contributed by atoms with E-state index < -0.39 is 20.8 Å². The Morgan fingerprint density at radius 1 is 1.35 bits per heavy atom. The Labute approximate surface area is 103 Å². The molecule has 17 heavy (non-hydrogen) atoms. The van der Waals surface area contributed by atoms with Crippen molar-refractivity contribution in [1.29, 1.82) is 0 Å². The molecule has 0 aliphatic carbocycles. The van der Waals surface area contributed by atoms with E-state index >= 15 is 0 Å². The van der Waals surface area contributed by atoms with Crippen molar-refractivity contribution in [2.45, 2.75) is 38.9 Å². The second-order valence-corrected chi connectivity index (χ2v) is 6.54. The van der Waals surface area contributed by atoms with Crippen LogP contribution in [0.2, 0.25) is 0 Å². The van der Waals surface area contributed by atoms with Crippen LogP contribution in [0.1, 0.15) is 34.1 Å². The lowest BCUT2D eigenvalue weighted by Gasteiger charge is -2.23. The lowest BCUT2D eigenvalue weighted by Crippen LogP contribution is -2.35. The van der Waals surface area contributed by atoms with Gasteiger partial charge in [-0.1, -0.05) is 6.58 Å². The van der Waals surface area contributed by atoms with E-state index in [1.165, 1.54) is 20.8 Å². The Hall–Kier alpha value is -0.880. The molecule has 0 radical (unpaired) electrons. The minimum absolute atomic E-state index is 0.0188. The van der Waals surface area contributed by atoms with E-state index in [4.69, 9.17) is 8.92 Å². The summed E-state index contributed by atoms with van der Waals surface area (Å²) < 4.78 is 31.8. The van der Waals surface area contributed by atoms with Crippen LogP contribution in [0.15, 0.2) is 12.2 Å². The van der Waals surface area contributed by atoms with Gasteiger partial charge in [0.25, 0.3) is 10.1 Å². The molecule has 0 aromatic rings. The van der Waals surface area contributed by atoms with Crippen LogP contribution < -0.4 is 0 Å². The van der Waals surface area contributed by atoms with Crippen molar-refractivity contribution >= 4 is 16.1 Å². The topological polar surface area (TPSA) is 69.7 Å². The van der Waals surface area contributed by atoms with Crippen LogP contribution in [0, 0.1) is 0 Å². The third kappa shape index (κ3) is 4.87. The van der Waals surface area contributed by atoms with Crippen LogP contribution >= 0.6 is 0 Å². The van der Waals surface area contributed by atoms with E-state index in [-0.39, 0.29) is 25.2 Å². The first-order chi connectivity index (χ1) is 7.64. The average Bonchev–Trinajstić information content (AvgIpc) is 2.16. The molecule has 100 valence electrons. The van der Waals surface area contributed by atoms with E-state index in [1.807, 2.05) is 0 Å². The van der Waals surface area contributed by atoms with Crippen molar-refractivity contribution in [3.05, 3.63) is 12.2 Å². The van der Waals surface area contributed by atoms with Crippen molar-refractivity contribution in [3.8, 4) is 0 Å². The third-order valence-electron chi connectivity index (χ3n) is 2.24. The molecule has 6 heteroatoms. The van der Waals surface area contributed by atoms with Gasteiger partial charge >= 0.3 is 5.97 Å². The lowest BCUT2D eigenvalue weighted by atomic mass is 10.1. The molecule has 0 unspecified atom stereocenters. The summed E-state index contributed by atoms with van der Waals surface area (Å²) in [6, 6.07) is 0. The highest BCUT2D eigenvalue weighted by Crippen LogP contribution is 2.22. The third-order valence-corrected chi connectivity index (χ3v) is 4.34. The van der Waals surface area contributed by atoms with E-state index in [2.05, 4.69) is 6.58 Å². The molecule has 5 nitrogen and oxygen atoms in total. The predicted molar refractivity (Wildman–Crippen MR) is 65.0 cm³/mol. The van der Waals surface area contributed by atoms with Gasteiger partial charge in [-0.25, -0.2) is 4.79 Å². The largest absolute Gasteiger partial charge is 0.462 e. The van der Waals surface area contributed by atoms with Gasteiger partial charge in [0.2, 0.25) is 0 Å². The van der Waals surface area contributed by atoms with Crippen molar-refractivity contribution < 1.29 is 22.1 Å². The Kier molecular flexibility index (Phi) is 5.84. The van der Waals surface area contributed by atoms with Crippen molar-refractivity contribution in [3.63, 3.8) is 0 Å². The summed E-state index contributed by atoms with van der Waals surface area (Å²) in [6.07, 6.45) is 0.175. The fourth-order valence-corrected chi connectivity index (χ4v) is 1.92. The van der Waals surface area contributed by atoms with E-state index in [1.54, 1.807) is 6.92 Å². The van der Waals surface area contributed by atoms with Crippen molar-refractivity contribution in [2.75, 3.05) is 13.2 Å². The number of carbonyl (C=O) groups is 1. The molecule has 0 aliphatic heterocycles. The van der Waals surface area contributed by atoms with Gasteiger partial charge in [0.15, 0.2) is 0 Å². The van der Waals surface area contributed by atoms with Gasteiger partial charge in [0.1, 0.15) is 0 Å². The molecule has 0 atom stereocenters. The van der Waals surface area contributed by atoms with Gasteiger partial charge in [-0.2, -0.15) is 8.42 Å². The lowest BCUT2D eigenvalue weighted by molar-refractivity contribution is -0.139. The summed E-state index contributed by atoms with van der Waals surface area (Å²) in [5, 5.41) is 0. The molecular formula is C11H20O5S. The Morgan fingerprint density at radius 2 is 1.88 bits per heavy atom. The van der Waals surface area contributed by atoms with Gasteiger partial charge in [-0.05, 0) is 27.7 Å². The maximum Gasteiger partial charge on any atom is 0.333 e. The highest BCUT2D eigenvalue weighted by Gasteiger charge is 2.35. The molecule has 0 rings (SSSR count). The molecule has 0 bridgehead atoms. The van der Waals surface area contributed by atoms with Crippen LogP contribution in [0.25, 0.3) is 0 Å². The summed E-state index contributed by atoms with van der Waals surface area (Å²) in [6.45, 7) is 9.75. The van der Waals surface area contributed by atoms with Gasteiger partial charge in [0.05, 0.1) is 18.0 Å². The zero-order chi connectivity index (χ0) is 13.7. The van der Waals surface area contributed by atoms with Crippen LogP contribution in [-0.2, 0) is 23.8 Å². The summed E-state index contributed by atoms with van der Waals surface area (Å²) in [5.74, 6) is -0.519. The quantitative estimate of drug-likeness (QED) is 0.397. The summed E-state index contributed by atoms with van der Waals surface area (Å²) >= 11 is 0. The van der Waals surface area contributed by atoms with E-state index in [9.17, 15) is 13.2 Å². The van der Waals surface area contributed by atoms with E-state index in [0.717, 1.165) is 0 Å². The number of ether oxygens (including phenoxy) is 1. The molecule has 0 spiro atoms. The molecule has 0 saturated carbocycles. The molecule has 0 aromatic carbocycles. The molecule has 0 amide bonds. The summed E-state index contributed by atoms with van der Waals surface area (Å²) in [5.41, 5.74) is 0.287. The fourth-order valence-electron chi connectivity index (χ4n) is 0.952. The van der Waals surface area contributed by atoms with Crippen LogP contribution in [-0.4, -0.2) is 32.3 Å². The molecule has 0 aromatic heterocycles. The van der Waals surface area contributed by atoms with Crippen LogP contribution in [0.5, 0.6) is 0 Å². The number of carbonyl (C=O) groups excluding carboxylic acids is 1. The normalized spacial score (nSPS) is 12.2. The molecule has 0 N–H and O–H groups in total. The second-order valence-electron chi connectivity index (χ2n) is 4.29. The van der Waals surface area contributed by atoms with Crippen LogP contribution in [0.3, 0.4) is 0 Å². The standard InChI is InChI=1S/C11H20O5S/c1-6-16-17(13,14)11(4,5)7-8-15-10(12)9(2)3/h2,6-8H2,1,3-5H3. The van der Waals surface area contributed by atoms with E-state index in [0.29, 0.717) is 0 Å². The average molecular weight is 264 g/mol. The summed E-state index contributed by atoms with van der Waals surface area (Å²) in [4.78, 5) is 11.1. The maximum atomic E-state index is 11.7. The van der Waals surface area contributed by atoms with Crippen LogP contribution in [0.4, 0.5) is 0 Å². The van der Waals surface area contributed by atoms with Gasteiger partial charge < -0.3 is 4.74 Å². The van der Waals surface area contributed by atoms with Crippen molar-refractivity contribution in [1.82, 2.24) is 0 Å². The highest BCUT2D eigenvalue weighted by atomic mass is 32.2. The Balaban J connectivity index is 4.38. The Morgan fingerprint density at radius 3 is 2.29 bits per heavy atom. The second kappa shape index (κ2) is 6.16. The number of hydrogen-bond donors (Lipinski definition) is 0. The molecule has 0 saturated heterocycles. The fraction of sp³-hybridized carbons (Fsp3) is 0.727.